The molecule has 2 aromatic carbocycles. The number of nitrogens with one attached hydrogen (secondary N) is 1. The van der Waals surface area contributed by atoms with Crippen molar-refractivity contribution in [2.24, 2.45) is 0 Å². The lowest BCUT2D eigenvalue weighted by atomic mass is 9.87. The minimum absolute atomic E-state index is 0.0397. The van der Waals surface area contributed by atoms with Gasteiger partial charge in [-0.25, -0.2) is 13.8 Å². The predicted molar refractivity (Wildman–Crippen MR) is 135 cm³/mol. The number of carbonyl (C=O) groups is 1. The number of aryl methyl sites for hydroxylation is 3. The molecular formula is C29H24F2N4O. The van der Waals surface area contributed by atoms with E-state index >= 15 is 0 Å². The van der Waals surface area contributed by atoms with E-state index in [1.54, 1.807) is 6.08 Å². The SMILES string of the molecule is Cc1cc(C)c2c(C#N)c(/C=C/C(=O)Nc3ccc(F)c(F)c3)n([C@H]3CCCc4ccccc43)c2n1. The predicted octanol–water partition coefficient (Wildman–Crippen LogP) is 6.38. The molecule has 36 heavy (non-hydrogen) atoms. The zero-order valence-corrected chi connectivity index (χ0v) is 20.0. The van der Waals surface area contributed by atoms with Crippen molar-refractivity contribution in [3.05, 3.63) is 99.9 Å². The average Bonchev–Trinajstić information content (AvgIpc) is 3.17. The van der Waals surface area contributed by atoms with Crippen LogP contribution in [-0.2, 0) is 11.2 Å². The second-order valence-corrected chi connectivity index (χ2v) is 9.08. The molecule has 1 atom stereocenters. The maximum atomic E-state index is 13.6. The summed E-state index contributed by atoms with van der Waals surface area (Å²) >= 11 is 0. The fraction of sp³-hybridized carbons (Fsp3) is 0.207. The molecule has 180 valence electrons. The van der Waals surface area contributed by atoms with Gasteiger partial charge in [0, 0.05) is 28.9 Å². The molecule has 1 aliphatic carbocycles. The van der Waals surface area contributed by atoms with Gasteiger partial charge in [0.15, 0.2) is 11.6 Å². The molecule has 5 rings (SSSR count). The first kappa shape index (κ1) is 23.4. The fourth-order valence-corrected chi connectivity index (χ4v) is 5.16. The summed E-state index contributed by atoms with van der Waals surface area (Å²) in [4.78, 5) is 17.5. The quantitative estimate of drug-likeness (QED) is 0.343. The molecule has 1 aliphatic rings. The highest BCUT2D eigenvalue weighted by Gasteiger charge is 2.28. The minimum Gasteiger partial charge on any atom is -0.322 e. The van der Waals surface area contributed by atoms with Crippen LogP contribution in [0.4, 0.5) is 14.5 Å². The van der Waals surface area contributed by atoms with Crippen LogP contribution >= 0.6 is 0 Å². The Labute approximate surface area is 207 Å². The van der Waals surface area contributed by atoms with Gasteiger partial charge in [-0.05, 0) is 74.1 Å². The second-order valence-electron chi connectivity index (χ2n) is 9.08. The summed E-state index contributed by atoms with van der Waals surface area (Å²) in [5, 5.41) is 13.5. The van der Waals surface area contributed by atoms with Gasteiger partial charge in [-0.1, -0.05) is 24.3 Å². The number of aromatic nitrogens is 2. The Balaban J connectivity index is 1.64. The number of carbonyl (C=O) groups excluding carboxylic acids is 1. The first-order chi connectivity index (χ1) is 17.4. The summed E-state index contributed by atoms with van der Waals surface area (Å²) in [5.74, 6) is -2.55. The lowest BCUT2D eigenvalue weighted by molar-refractivity contribution is -0.111. The summed E-state index contributed by atoms with van der Waals surface area (Å²) in [6.07, 6.45) is 5.78. The van der Waals surface area contributed by atoms with E-state index in [2.05, 4.69) is 28.1 Å². The number of hydrogen-bond donors (Lipinski definition) is 1. The number of hydrogen-bond acceptors (Lipinski definition) is 3. The molecule has 7 heteroatoms. The van der Waals surface area contributed by atoms with Crippen LogP contribution in [0.15, 0.2) is 54.6 Å². The van der Waals surface area contributed by atoms with Gasteiger partial charge in [-0.3, -0.25) is 4.79 Å². The van der Waals surface area contributed by atoms with Crippen molar-refractivity contribution in [1.29, 1.82) is 5.26 Å². The second kappa shape index (κ2) is 9.38. The molecule has 1 N–H and O–H groups in total. The lowest BCUT2D eigenvalue weighted by Gasteiger charge is -2.28. The zero-order valence-electron chi connectivity index (χ0n) is 20.0. The lowest BCUT2D eigenvalue weighted by Crippen LogP contribution is -2.19. The van der Waals surface area contributed by atoms with Gasteiger partial charge in [-0.15, -0.1) is 0 Å². The van der Waals surface area contributed by atoms with Crippen LogP contribution in [0.3, 0.4) is 0 Å². The third kappa shape index (κ3) is 4.16. The Hall–Kier alpha value is -4.31. The number of rotatable bonds is 4. The van der Waals surface area contributed by atoms with Crippen molar-refractivity contribution in [1.82, 2.24) is 9.55 Å². The number of amides is 1. The van der Waals surface area contributed by atoms with Crippen LogP contribution in [0.1, 0.15) is 52.5 Å². The number of benzene rings is 2. The van der Waals surface area contributed by atoms with Crippen molar-refractivity contribution in [2.45, 2.75) is 39.2 Å². The van der Waals surface area contributed by atoms with Crippen molar-refractivity contribution >= 4 is 28.7 Å². The molecule has 0 saturated heterocycles. The first-order valence-corrected chi connectivity index (χ1v) is 11.8. The van der Waals surface area contributed by atoms with Gasteiger partial charge in [-0.2, -0.15) is 5.26 Å². The number of nitriles is 1. The molecule has 2 aromatic heterocycles. The van der Waals surface area contributed by atoms with Crippen LogP contribution in [0, 0.1) is 36.8 Å². The summed E-state index contributed by atoms with van der Waals surface area (Å²) < 4.78 is 28.9. The maximum Gasteiger partial charge on any atom is 0.248 e. The number of anilines is 1. The molecule has 5 nitrogen and oxygen atoms in total. The third-order valence-corrected chi connectivity index (χ3v) is 6.66. The van der Waals surface area contributed by atoms with Gasteiger partial charge < -0.3 is 9.88 Å². The molecule has 0 radical (unpaired) electrons. The van der Waals surface area contributed by atoms with Crippen molar-refractivity contribution in [2.75, 3.05) is 5.32 Å². The van der Waals surface area contributed by atoms with Gasteiger partial charge in [0.25, 0.3) is 0 Å². The maximum absolute atomic E-state index is 13.6. The normalized spacial score (nSPS) is 15.1. The number of pyridine rings is 1. The van der Waals surface area contributed by atoms with Crippen LogP contribution in [0.25, 0.3) is 17.1 Å². The van der Waals surface area contributed by atoms with E-state index in [9.17, 15) is 18.8 Å². The standard InChI is InChI=1S/C29H24F2N4O/c1-17-14-18(2)33-29-28(17)22(16-32)26(12-13-27(36)34-20-10-11-23(30)24(31)15-20)35(29)25-9-5-7-19-6-3-4-8-21(19)25/h3-4,6,8,10-15,25H,5,7,9H2,1-2H3,(H,34,36)/b13-12+/t25-/m0/s1. The number of nitrogens with zero attached hydrogens (tertiary/aromatic N) is 3. The Morgan fingerprint density at radius 3 is 2.75 bits per heavy atom. The van der Waals surface area contributed by atoms with E-state index in [4.69, 9.17) is 4.98 Å². The summed E-state index contributed by atoms with van der Waals surface area (Å²) in [7, 11) is 0. The number of fused-ring (bicyclic) bond motifs is 2. The molecule has 1 amide bonds. The average molecular weight is 483 g/mol. The Bertz CT molecular complexity index is 1580. The molecule has 0 saturated carbocycles. The summed E-state index contributed by atoms with van der Waals surface area (Å²) in [6, 6.07) is 15.7. The highest BCUT2D eigenvalue weighted by atomic mass is 19.2. The van der Waals surface area contributed by atoms with Crippen LogP contribution in [0.5, 0.6) is 0 Å². The van der Waals surface area contributed by atoms with E-state index in [-0.39, 0.29) is 11.7 Å². The van der Waals surface area contributed by atoms with E-state index in [0.29, 0.717) is 16.9 Å². The minimum atomic E-state index is -1.04. The van der Waals surface area contributed by atoms with Gasteiger partial charge in [0.1, 0.15) is 11.7 Å². The van der Waals surface area contributed by atoms with Gasteiger partial charge in [0.05, 0.1) is 17.3 Å². The summed E-state index contributed by atoms with van der Waals surface area (Å²) in [5.41, 5.74) is 6.14. The highest BCUT2D eigenvalue weighted by Crippen LogP contribution is 2.39. The van der Waals surface area contributed by atoms with Crippen LogP contribution < -0.4 is 5.32 Å². The van der Waals surface area contributed by atoms with Crippen molar-refractivity contribution in [3.8, 4) is 6.07 Å². The van der Waals surface area contributed by atoms with E-state index in [1.165, 1.54) is 23.3 Å². The zero-order chi connectivity index (χ0) is 25.4. The molecule has 0 spiro atoms. The smallest absolute Gasteiger partial charge is 0.248 e. The van der Waals surface area contributed by atoms with Gasteiger partial charge in [0.2, 0.25) is 5.91 Å². The molecule has 4 aromatic rings. The van der Waals surface area contributed by atoms with Crippen molar-refractivity contribution in [3.63, 3.8) is 0 Å². The Kier molecular flexibility index (Phi) is 6.11. The molecule has 0 bridgehead atoms. The van der Waals surface area contributed by atoms with Crippen LogP contribution in [0.2, 0.25) is 0 Å². The largest absolute Gasteiger partial charge is 0.322 e. The van der Waals surface area contributed by atoms with E-state index < -0.39 is 17.5 Å². The number of halogens is 2. The van der Waals surface area contributed by atoms with Gasteiger partial charge >= 0.3 is 0 Å². The van der Waals surface area contributed by atoms with E-state index in [1.807, 2.05) is 32.0 Å². The summed E-state index contributed by atoms with van der Waals surface area (Å²) in [6.45, 7) is 3.88. The molecule has 0 fully saturated rings. The first-order valence-electron chi connectivity index (χ1n) is 11.8. The highest BCUT2D eigenvalue weighted by molar-refractivity contribution is 6.03. The third-order valence-electron chi connectivity index (χ3n) is 6.66. The molecule has 2 heterocycles. The van der Waals surface area contributed by atoms with E-state index in [0.717, 1.165) is 48.0 Å². The molecule has 0 aliphatic heterocycles. The molecule has 0 unspecified atom stereocenters. The Morgan fingerprint density at radius 1 is 1.17 bits per heavy atom. The topological polar surface area (TPSA) is 70.7 Å². The monoisotopic (exact) mass is 482 g/mol. The Morgan fingerprint density at radius 2 is 1.97 bits per heavy atom. The van der Waals surface area contributed by atoms with Crippen LogP contribution in [-0.4, -0.2) is 15.5 Å². The molecular weight excluding hydrogens is 458 g/mol. The van der Waals surface area contributed by atoms with Crippen molar-refractivity contribution < 1.29 is 13.6 Å². The fourth-order valence-electron chi connectivity index (χ4n) is 5.16.